The first-order chi connectivity index (χ1) is 17.3. The van der Waals surface area contributed by atoms with Crippen molar-refractivity contribution in [2.45, 2.75) is 77.9 Å². The molecule has 5 N–H and O–H groups in total. The molecule has 1 amide bonds. The Balaban J connectivity index is 1.59. The third-order valence-electron chi connectivity index (χ3n) is 6.73. The SMILES string of the molecule is Cc1c(C)c(S(=O)(=O)NC(N)=NCCC[C@H](C)C(=O)Nc2ccc(CO)cc2)c(C)c2c1OC(C)(C)C2. The number of nitrogens with one attached hydrogen (secondary N) is 2. The highest BCUT2D eigenvalue weighted by Crippen LogP contribution is 2.43. The zero-order valence-corrected chi connectivity index (χ0v) is 23.3. The molecule has 202 valence electrons. The number of nitrogens with zero attached hydrogens (tertiary/aromatic N) is 1. The highest BCUT2D eigenvalue weighted by Gasteiger charge is 2.36. The van der Waals surface area contributed by atoms with Gasteiger partial charge in [-0.15, -0.1) is 0 Å². The number of hydrogen-bond acceptors (Lipinski definition) is 6. The summed E-state index contributed by atoms with van der Waals surface area (Å²) in [4.78, 5) is 16.8. The van der Waals surface area contributed by atoms with Crippen molar-refractivity contribution in [2.75, 3.05) is 11.9 Å². The third-order valence-corrected chi connectivity index (χ3v) is 8.36. The zero-order chi connectivity index (χ0) is 27.5. The van der Waals surface area contributed by atoms with Crippen LogP contribution in [0.1, 0.15) is 61.4 Å². The summed E-state index contributed by atoms with van der Waals surface area (Å²) in [5.41, 5.74) is 9.97. The van der Waals surface area contributed by atoms with Crippen molar-refractivity contribution in [1.82, 2.24) is 4.72 Å². The number of nitrogens with two attached hydrogens (primary N) is 1. The maximum absolute atomic E-state index is 13.3. The van der Waals surface area contributed by atoms with Gasteiger partial charge in [0.2, 0.25) is 11.9 Å². The van der Waals surface area contributed by atoms with E-state index in [1.807, 2.05) is 27.7 Å². The molecule has 3 rings (SSSR count). The van der Waals surface area contributed by atoms with Crippen LogP contribution in [-0.4, -0.2) is 37.5 Å². The van der Waals surface area contributed by atoms with E-state index in [9.17, 15) is 13.2 Å². The lowest BCUT2D eigenvalue weighted by atomic mass is 9.94. The zero-order valence-electron chi connectivity index (χ0n) is 22.4. The number of anilines is 1. The molecular formula is C27H38N4O5S. The van der Waals surface area contributed by atoms with Gasteiger partial charge in [-0.2, -0.15) is 0 Å². The fraction of sp³-hybridized carbons (Fsp3) is 0.481. The van der Waals surface area contributed by atoms with Crippen LogP contribution in [0.3, 0.4) is 0 Å². The summed E-state index contributed by atoms with van der Waals surface area (Å²) >= 11 is 0. The molecule has 0 saturated heterocycles. The molecule has 1 aliphatic heterocycles. The molecule has 9 nitrogen and oxygen atoms in total. The predicted octanol–water partition coefficient (Wildman–Crippen LogP) is 3.47. The number of ether oxygens (including phenoxy) is 1. The molecule has 1 heterocycles. The number of guanidine groups is 1. The Kier molecular flexibility index (Phi) is 8.54. The van der Waals surface area contributed by atoms with E-state index in [0.29, 0.717) is 36.1 Å². The molecule has 1 atom stereocenters. The molecule has 0 aliphatic carbocycles. The van der Waals surface area contributed by atoms with E-state index in [0.717, 1.165) is 22.4 Å². The lowest BCUT2D eigenvalue weighted by Crippen LogP contribution is -2.37. The largest absolute Gasteiger partial charge is 0.487 e. The average Bonchev–Trinajstić information content (AvgIpc) is 3.16. The number of amides is 1. The highest BCUT2D eigenvalue weighted by molar-refractivity contribution is 7.90. The molecule has 0 bridgehead atoms. The van der Waals surface area contributed by atoms with E-state index in [1.165, 1.54) is 0 Å². The number of sulfonamides is 1. The standard InChI is InChI=1S/C27H38N4O5S/c1-16(25(33)30-21-11-9-20(15-32)10-12-21)8-7-13-29-26(28)31-37(34,35)24-18(3)17(2)23-22(19(24)4)14-27(5,6)36-23/h9-12,16,32H,7-8,13-15H2,1-6H3,(H,30,33)(H3,28,29,31)/t16-/m0/s1. The summed E-state index contributed by atoms with van der Waals surface area (Å²) in [6, 6.07) is 6.99. The van der Waals surface area contributed by atoms with Crippen LogP contribution in [-0.2, 0) is 27.8 Å². The van der Waals surface area contributed by atoms with Crippen LogP contribution in [0.5, 0.6) is 5.75 Å². The van der Waals surface area contributed by atoms with E-state index < -0.39 is 10.0 Å². The van der Waals surface area contributed by atoms with Gasteiger partial charge in [-0.05, 0) is 81.8 Å². The molecule has 0 radical (unpaired) electrons. The normalized spacial score (nSPS) is 15.6. The molecule has 0 fully saturated rings. The Morgan fingerprint density at radius 2 is 1.81 bits per heavy atom. The summed E-state index contributed by atoms with van der Waals surface area (Å²) in [7, 11) is -3.95. The van der Waals surface area contributed by atoms with Crippen LogP contribution < -0.4 is 20.5 Å². The summed E-state index contributed by atoms with van der Waals surface area (Å²) in [5.74, 6) is 0.187. The molecule has 0 aromatic heterocycles. The molecule has 0 unspecified atom stereocenters. The lowest BCUT2D eigenvalue weighted by molar-refractivity contribution is -0.119. The Morgan fingerprint density at radius 1 is 1.16 bits per heavy atom. The van der Waals surface area contributed by atoms with E-state index in [-0.39, 0.29) is 41.4 Å². The molecule has 10 heteroatoms. The van der Waals surface area contributed by atoms with Crippen LogP contribution in [0, 0.1) is 26.7 Å². The molecule has 0 saturated carbocycles. The number of aliphatic imine (C=N–C) groups is 1. The monoisotopic (exact) mass is 530 g/mol. The number of aliphatic hydroxyl groups is 1. The van der Waals surface area contributed by atoms with Crippen molar-refractivity contribution in [2.24, 2.45) is 16.6 Å². The van der Waals surface area contributed by atoms with Gasteiger partial charge in [0.25, 0.3) is 10.0 Å². The lowest BCUT2D eigenvalue weighted by Gasteiger charge is -2.19. The van der Waals surface area contributed by atoms with E-state index in [1.54, 1.807) is 38.1 Å². The van der Waals surface area contributed by atoms with Gasteiger partial charge in [-0.1, -0.05) is 19.1 Å². The first-order valence-electron chi connectivity index (χ1n) is 12.4. The maximum Gasteiger partial charge on any atom is 0.264 e. The summed E-state index contributed by atoms with van der Waals surface area (Å²) in [5, 5.41) is 12.0. The number of fused-ring (bicyclic) bond motifs is 1. The second kappa shape index (κ2) is 11.1. The first-order valence-corrected chi connectivity index (χ1v) is 13.9. The molecule has 1 aliphatic rings. The topological polar surface area (TPSA) is 143 Å². The van der Waals surface area contributed by atoms with Gasteiger partial charge in [-0.3, -0.25) is 9.79 Å². The minimum atomic E-state index is -3.95. The fourth-order valence-electron chi connectivity index (χ4n) is 4.56. The summed E-state index contributed by atoms with van der Waals surface area (Å²) in [6.07, 6.45) is 1.74. The van der Waals surface area contributed by atoms with Gasteiger partial charge >= 0.3 is 0 Å². The minimum Gasteiger partial charge on any atom is -0.487 e. The van der Waals surface area contributed by atoms with Gasteiger partial charge < -0.3 is 20.9 Å². The second-order valence-corrected chi connectivity index (χ2v) is 11.9. The van der Waals surface area contributed by atoms with Gasteiger partial charge in [0, 0.05) is 30.1 Å². The van der Waals surface area contributed by atoms with Crippen LogP contribution in [0.25, 0.3) is 0 Å². The van der Waals surface area contributed by atoms with Crippen molar-refractivity contribution in [3.05, 3.63) is 52.1 Å². The molecule has 37 heavy (non-hydrogen) atoms. The molecule has 0 spiro atoms. The van der Waals surface area contributed by atoms with E-state index in [2.05, 4.69) is 15.0 Å². The predicted molar refractivity (Wildman–Crippen MR) is 145 cm³/mol. The van der Waals surface area contributed by atoms with Crippen molar-refractivity contribution < 1.29 is 23.1 Å². The van der Waals surface area contributed by atoms with Crippen molar-refractivity contribution in [1.29, 1.82) is 0 Å². The van der Waals surface area contributed by atoms with Crippen molar-refractivity contribution >= 4 is 27.6 Å². The Morgan fingerprint density at radius 3 is 2.43 bits per heavy atom. The van der Waals surface area contributed by atoms with Crippen LogP contribution in [0.4, 0.5) is 5.69 Å². The number of carbonyl (C=O) groups excluding carboxylic acids is 1. The van der Waals surface area contributed by atoms with Crippen molar-refractivity contribution in [3.8, 4) is 5.75 Å². The fourth-order valence-corrected chi connectivity index (χ4v) is 6.08. The van der Waals surface area contributed by atoms with Gasteiger partial charge in [0.1, 0.15) is 11.4 Å². The Labute approximate surface area is 219 Å². The van der Waals surface area contributed by atoms with Crippen LogP contribution in [0.15, 0.2) is 34.2 Å². The molecule has 2 aromatic rings. The third kappa shape index (κ3) is 6.61. The van der Waals surface area contributed by atoms with Gasteiger partial charge in [0.05, 0.1) is 11.5 Å². The second-order valence-electron chi connectivity index (χ2n) is 10.3. The first kappa shape index (κ1) is 28.5. The smallest absolute Gasteiger partial charge is 0.264 e. The number of rotatable bonds is 9. The highest BCUT2D eigenvalue weighted by atomic mass is 32.2. The number of hydrogen-bond donors (Lipinski definition) is 4. The maximum atomic E-state index is 13.3. The Hall–Kier alpha value is -3.11. The number of carbonyl (C=O) groups is 1. The number of aliphatic hydroxyl groups excluding tert-OH is 1. The minimum absolute atomic E-state index is 0.0517. The quantitative estimate of drug-likeness (QED) is 0.222. The molecular weight excluding hydrogens is 492 g/mol. The van der Waals surface area contributed by atoms with E-state index in [4.69, 9.17) is 15.6 Å². The van der Waals surface area contributed by atoms with Crippen LogP contribution in [0.2, 0.25) is 0 Å². The van der Waals surface area contributed by atoms with E-state index >= 15 is 0 Å². The van der Waals surface area contributed by atoms with Gasteiger partial charge in [0.15, 0.2) is 0 Å². The number of benzene rings is 2. The molecule has 2 aromatic carbocycles. The summed E-state index contributed by atoms with van der Waals surface area (Å²) in [6.45, 7) is 11.4. The average molecular weight is 531 g/mol. The summed E-state index contributed by atoms with van der Waals surface area (Å²) < 4.78 is 35.0. The van der Waals surface area contributed by atoms with Crippen molar-refractivity contribution in [3.63, 3.8) is 0 Å². The van der Waals surface area contributed by atoms with Gasteiger partial charge in [-0.25, -0.2) is 13.1 Å². The Bertz CT molecular complexity index is 1300. The van der Waals surface area contributed by atoms with Crippen LogP contribution >= 0.6 is 0 Å².